The average molecular weight is 331 g/mol. The summed E-state index contributed by atoms with van der Waals surface area (Å²) < 4.78 is 0. The first-order valence-corrected chi connectivity index (χ1v) is 8.85. The Hall–Kier alpha value is -1.44. The molecule has 0 radical (unpaired) electrons. The zero-order chi connectivity index (χ0) is 18.8. The fraction of sp³-hybridized carbons (Fsp3) is 0.636. The number of rotatable bonds is 6. The predicted molar refractivity (Wildman–Crippen MR) is 101 cm³/mol. The van der Waals surface area contributed by atoms with Crippen LogP contribution in [0.4, 0.5) is 0 Å². The van der Waals surface area contributed by atoms with Crippen LogP contribution in [0.3, 0.4) is 0 Å². The summed E-state index contributed by atoms with van der Waals surface area (Å²) in [5.41, 5.74) is 1.63. The summed E-state index contributed by atoms with van der Waals surface area (Å²) in [5, 5.41) is 0. The van der Waals surface area contributed by atoms with Crippen LogP contribution < -0.4 is 0 Å². The van der Waals surface area contributed by atoms with E-state index >= 15 is 0 Å². The number of carbonyl (C=O) groups excluding carboxylic acids is 2. The third-order valence-electron chi connectivity index (χ3n) is 4.38. The lowest BCUT2D eigenvalue weighted by Gasteiger charge is -2.28. The first kappa shape index (κ1) is 20.6. The number of ketones is 2. The molecule has 0 N–H and O–H groups in total. The monoisotopic (exact) mass is 330 g/mol. The van der Waals surface area contributed by atoms with Gasteiger partial charge in [-0.2, -0.15) is 0 Å². The minimum atomic E-state index is -0.298. The SMILES string of the molecule is CC(C)(CC(=O)C(C)(C)C)Cc1ccc(CC(=O)C(C)(C)C)cc1. The number of carbonyl (C=O) groups is 2. The maximum Gasteiger partial charge on any atom is 0.142 e. The molecule has 0 aliphatic heterocycles. The van der Waals surface area contributed by atoms with Gasteiger partial charge in [-0.15, -0.1) is 0 Å². The van der Waals surface area contributed by atoms with Crippen LogP contribution in [0.15, 0.2) is 24.3 Å². The Balaban J connectivity index is 2.73. The minimum absolute atomic E-state index is 0.0624. The lowest BCUT2D eigenvalue weighted by atomic mass is 9.76. The maximum absolute atomic E-state index is 12.3. The van der Waals surface area contributed by atoms with Crippen molar-refractivity contribution < 1.29 is 9.59 Å². The van der Waals surface area contributed by atoms with Gasteiger partial charge in [-0.25, -0.2) is 0 Å². The first-order chi connectivity index (χ1) is 10.7. The molecule has 0 amide bonds. The molecule has 1 aromatic rings. The van der Waals surface area contributed by atoms with Crippen LogP contribution in [0.5, 0.6) is 0 Å². The Kier molecular flexibility index (Phi) is 6.19. The van der Waals surface area contributed by atoms with E-state index in [1.165, 1.54) is 5.56 Å². The van der Waals surface area contributed by atoms with Crippen LogP contribution >= 0.6 is 0 Å². The van der Waals surface area contributed by atoms with Crippen molar-refractivity contribution in [2.75, 3.05) is 0 Å². The van der Waals surface area contributed by atoms with E-state index in [1.54, 1.807) is 0 Å². The van der Waals surface area contributed by atoms with Crippen LogP contribution in [0.2, 0.25) is 0 Å². The van der Waals surface area contributed by atoms with Gasteiger partial charge in [-0.3, -0.25) is 9.59 Å². The molecular weight excluding hydrogens is 296 g/mol. The molecule has 0 heterocycles. The largest absolute Gasteiger partial charge is 0.299 e. The molecule has 0 saturated carbocycles. The Bertz CT molecular complexity index is 578. The Morgan fingerprint density at radius 3 is 1.54 bits per heavy atom. The molecule has 0 bridgehead atoms. The van der Waals surface area contributed by atoms with Gasteiger partial charge in [0.1, 0.15) is 11.6 Å². The molecule has 0 unspecified atom stereocenters. The molecule has 1 aromatic carbocycles. The van der Waals surface area contributed by atoms with E-state index in [1.807, 2.05) is 53.7 Å². The molecule has 1 rings (SSSR count). The molecule has 2 nitrogen and oxygen atoms in total. The van der Waals surface area contributed by atoms with Gasteiger partial charge in [0.15, 0.2) is 0 Å². The maximum atomic E-state index is 12.3. The molecule has 24 heavy (non-hydrogen) atoms. The summed E-state index contributed by atoms with van der Waals surface area (Å²) >= 11 is 0. The molecule has 0 aliphatic rings. The Morgan fingerprint density at radius 2 is 1.12 bits per heavy atom. The van der Waals surface area contributed by atoms with E-state index < -0.39 is 0 Å². The molecule has 134 valence electrons. The summed E-state index contributed by atoms with van der Waals surface area (Å²) in [6.07, 6.45) is 1.93. The quantitative estimate of drug-likeness (QED) is 0.698. The van der Waals surface area contributed by atoms with Crippen LogP contribution in [0, 0.1) is 16.2 Å². The van der Waals surface area contributed by atoms with Gasteiger partial charge in [-0.05, 0) is 23.0 Å². The molecule has 0 aliphatic carbocycles. The first-order valence-electron chi connectivity index (χ1n) is 8.85. The number of hydrogen-bond donors (Lipinski definition) is 0. The molecular formula is C22H34O2. The van der Waals surface area contributed by atoms with Crippen molar-refractivity contribution in [1.29, 1.82) is 0 Å². The van der Waals surface area contributed by atoms with Gasteiger partial charge in [-0.1, -0.05) is 79.7 Å². The second-order valence-corrected chi connectivity index (χ2v) is 9.86. The predicted octanol–water partition coefficient (Wildman–Crippen LogP) is 5.42. The lowest BCUT2D eigenvalue weighted by molar-refractivity contribution is -0.128. The Labute approximate surface area is 148 Å². The lowest BCUT2D eigenvalue weighted by Crippen LogP contribution is -2.28. The van der Waals surface area contributed by atoms with Gasteiger partial charge in [0.25, 0.3) is 0 Å². The van der Waals surface area contributed by atoms with Crippen molar-refractivity contribution in [3.05, 3.63) is 35.4 Å². The summed E-state index contributed by atoms with van der Waals surface area (Å²) in [6.45, 7) is 16.1. The highest BCUT2D eigenvalue weighted by atomic mass is 16.1. The van der Waals surface area contributed by atoms with E-state index in [-0.39, 0.29) is 22.0 Å². The van der Waals surface area contributed by atoms with E-state index in [0.717, 1.165) is 12.0 Å². The fourth-order valence-corrected chi connectivity index (χ4v) is 2.54. The van der Waals surface area contributed by atoms with Crippen molar-refractivity contribution in [3.63, 3.8) is 0 Å². The highest BCUT2D eigenvalue weighted by molar-refractivity contribution is 5.85. The van der Waals surface area contributed by atoms with Crippen molar-refractivity contribution in [2.24, 2.45) is 16.2 Å². The third kappa shape index (κ3) is 6.59. The van der Waals surface area contributed by atoms with Gasteiger partial charge in [0.2, 0.25) is 0 Å². The van der Waals surface area contributed by atoms with E-state index in [0.29, 0.717) is 18.6 Å². The van der Waals surface area contributed by atoms with Gasteiger partial charge in [0, 0.05) is 23.7 Å². The van der Waals surface area contributed by atoms with Crippen LogP contribution in [0.1, 0.15) is 72.9 Å². The molecule has 0 atom stereocenters. The summed E-state index contributed by atoms with van der Waals surface area (Å²) in [6, 6.07) is 8.27. The average Bonchev–Trinajstić information content (AvgIpc) is 2.37. The molecule has 0 fully saturated rings. The zero-order valence-corrected chi connectivity index (χ0v) is 16.7. The third-order valence-corrected chi connectivity index (χ3v) is 4.38. The van der Waals surface area contributed by atoms with Crippen LogP contribution in [-0.4, -0.2) is 11.6 Å². The van der Waals surface area contributed by atoms with Crippen molar-refractivity contribution >= 4 is 11.6 Å². The van der Waals surface area contributed by atoms with E-state index in [4.69, 9.17) is 0 Å². The Morgan fingerprint density at radius 1 is 0.708 bits per heavy atom. The van der Waals surface area contributed by atoms with E-state index in [2.05, 4.69) is 26.0 Å². The van der Waals surface area contributed by atoms with Crippen LogP contribution in [0.25, 0.3) is 0 Å². The van der Waals surface area contributed by atoms with Crippen molar-refractivity contribution in [1.82, 2.24) is 0 Å². The second-order valence-electron chi connectivity index (χ2n) is 9.86. The highest BCUT2D eigenvalue weighted by Crippen LogP contribution is 2.31. The van der Waals surface area contributed by atoms with Gasteiger partial charge in [0.05, 0.1) is 0 Å². The van der Waals surface area contributed by atoms with Crippen molar-refractivity contribution in [2.45, 2.75) is 74.7 Å². The standard InChI is InChI=1S/C22H34O2/c1-20(2,3)18(23)13-16-9-11-17(12-10-16)14-22(7,8)15-19(24)21(4,5)6/h9-12H,13-15H2,1-8H3. The van der Waals surface area contributed by atoms with Gasteiger partial charge < -0.3 is 0 Å². The van der Waals surface area contributed by atoms with Crippen molar-refractivity contribution in [3.8, 4) is 0 Å². The molecule has 0 saturated heterocycles. The summed E-state index contributed by atoms with van der Waals surface area (Å²) in [7, 11) is 0. The van der Waals surface area contributed by atoms with Crippen LogP contribution in [-0.2, 0) is 22.4 Å². The molecule has 2 heteroatoms. The summed E-state index contributed by atoms with van der Waals surface area (Å²) in [4.78, 5) is 24.4. The molecule has 0 aromatic heterocycles. The topological polar surface area (TPSA) is 34.1 Å². The fourth-order valence-electron chi connectivity index (χ4n) is 2.54. The van der Waals surface area contributed by atoms with E-state index in [9.17, 15) is 9.59 Å². The number of hydrogen-bond acceptors (Lipinski definition) is 2. The minimum Gasteiger partial charge on any atom is -0.299 e. The van der Waals surface area contributed by atoms with Gasteiger partial charge >= 0.3 is 0 Å². The summed E-state index contributed by atoms with van der Waals surface area (Å²) in [5.74, 6) is 0.561. The highest BCUT2D eigenvalue weighted by Gasteiger charge is 2.29. The normalized spacial score (nSPS) is 13.0. The number of benzene rings is 1. The smallest absolute Gasteiger partial charge is 0.142 e. The second kappa shape index (κ2) is 7.21. The number of Topliss-reactive ketones (excluding diaryl/α,β-unsaturated/α-hetero) is 2. The zero-order valence-electron chi connectivity index (χ0n) is 16.7. The molecule has 0 spiro atoms.